The molecule has 2 aromatic heterocycles. The van der Waals surface area contributed by atoms with E-state index in [4.69, 9.17) is 4.42 Å². The van der Waals surface area contributed by atoms with Gasteiger partial charge < -0.3 is 9.73 Å². The second-order valence-corrected chi connectivity index (χ2v) is 8.53. The minimum atomic E-state index is -0.257. The number of carbonyl (C=O) groups is 2. The number of hydrogen-bond donors (Lipinski definition) is 1. The van der Waals surface area contributed by atoms with Gasteiger partial charge in [0.2, 0.25) is 5.91 Å². The third-order valence-corrected chi connectivity index (χ3v) is 6.50. The summed E-state index contributed by atoms with van der Waals surface area (Å²) in [6.07, 6.45) is 1.62. The molecule has 8 heteroatoms. The number of nitrogens with zero attached hydrogens (tertiary/aromatic N) is 3. The fraction of sp³-hybridized carbons (Fsp3) is 0.167. The van der Waals surface area contributed by atoms with Crippen LogP contribution in [0, 0.1) is 6.92 Å². The zero-order valence-electron chi connectivity index (χ0n) is 17.5. The minimum Gasteiger partial charge on any atom is -0.469 e. The van der Waals surface area contributed by atoms with Gasteiger partial charge in [0.05, 0.1) is 23.5 Å². The van der Waals surface area contributed by atoms with Crippen molar-refractivity contribution in [2.24, 2.45) is 0 Å². The molecule has 1 N–H and O–H groups in total. The van der Waals surface area contributed by atoms with E-state index in [1.165, 1.54) is 11.8 Å². The smallest absolute Gasteiger partial charge is 0.231 e. The Labute approximate surface area is 188 Å². The number of benzene rings is 2. The highest BCUT2D eigenvalue weighted by molar-refractivity contribution is 7.99. The van der Waals surface area contributed by atoms with Crippen molar-refractivity contribution >= 4 is 29.1 Å². The average Bonchev–Trinajstić information content (AvgIpc) is 3.50. The number of fused-ring (bicyclic) bond motifs is 1. The van der Waals surface area contributed by atoms with Crippen LogP contribution in [0.1, 0.15) is 34.5 Å². The van der Waals surface area contributed by atoms with Crippen LogP contribution in [-0.4, -0.2) is 32.2 Å². The average molecular weight is 445 g/mol. The number of thioether (sulfide) groups is 1. The molecule has 5 rings (SSSR count). The SMILES string of the molecule is Cc1occc1-c1nnc(SCC(=O)c2ccc3c(c2)C(C)C(=O)N3)n1-c1ccccc1. The fourth-order valence-electron chi connectivity index (χ4n) is 3.77. The van der Waals surface area contributed by atoms with Gasteiger partial charge in [0.15, 0.2) is 16.8 Å². The van der Waals surface area contributed by atoms with Gasteiger partial charge in [-0.1, -0.05) is 30.0 Å². The molecule has 1 amide bonds. The second-order valence-electron chi connectivity index (χ2n) is 7.59. The van der Waals surface area contributed by atoms with Gasteiger partial charge in [0.25, 0.3) is 0 Å². The first-order valence-electron chi connectivity index (χ1n) is 10.2. The highest BCUT2D eigenvalue weighted by Crippen LogP contribution is 2.34. The number of hydrogen-bond acceptors (Lipinski definition) is 6. The first-order valence-corrected chi connectivity index (χ1v) is 11.2. The first kappa shape index (κ1) is 20.3. The molecule has 1 atom stereocenters. The van der Waals surface area contributed by atoms with E-state index in [0.29, 0.717) is 16.5 Å². The molecule has 1 aliphatic rings. The van der Waals surface area contributed by atoms with Crippen molar-refractivity contribution < 1.29 is 14.0 Å². The van der Waals surface area contributed by atoms with E-state index in [9.17, 15) is 9.59 Å². The number of aromatic nitrogens is 3. The summed E-state index contributed by atoms with van der Waals surface area (Å²) in [5.41, 5.74) is 3.96. The molecule has 7 nitrogen and oxygen atoms in total. The summed E-state index contributed by atoms with van der Waals surface area (Å²) in [4.78, 5) is 24.8. The highest BCUT2D eigenvalue weighted by Gasteiger charge is 2.27. The van der Waals surface area contributed by atoms with Gasteiger partial charge >= 0.3 is 0 Å². The van der Waals surface area contributed by atoms with E-state index >= 15 is 0 Å². The predicted octanol–water partition coefficient (Wildman–Crippen LogP) is 4.87. The number of Topliss-reactive ketones (excluding diaryl/α,β-unsaturated/α-hetero) is 1. The molecule has 0 aliphatic carbocycles. The molecule has 0 radical (unpaired) electrons. The molecule has 0 spiro atoms. The summed E-state index contributed by atoms with van der Waals surface area (Å²) in [5.74, 6) is 1.27. The van der Waals surface area contributed by atoms with Crippen molar-refractivity contribution in [3.05, 3.63) is 77.7 Å². The molecule has 160 valence electrons. The largest absolute Gasteiger partial charge is 0.469 e. The lowest BCUT2D eigenvalue weighted by Gasteiger charge is -2.10. The van der Waals surface area contributed by atoms with Gasteiger partial charge in [-0.05, 0) is 55.8 Å². The third-order valence-electron chi connectivity index (χ3n) is 5.57. The topological polar surface area (TPSA) is 90.0 Å². The normalized spacial score (nSPS) is 14.9. The molecule has 1 unspecified atom stereocenters. The van der Waals surface area contributed by atoms with Crippen molar-refractivity contribution in [3.63, 3.8) is 0 Å². The molecule has 32 heavy (non-hydrogen) atoms. The summed E-state index contributed by atoms with van der Waals surface area (Å²) in [6.45, 7) is 3.72. The Balaban J connectivity index is 1.43. The molecule has 0 fully saturated rings. The Bertz CT molecular complexity index is 1330. The number of para-hydroxylation sites is 1. The molecular formula is C24H20N4O3S. The van der Waals surface area contributed by atoms with Crippen LogP contribution in [0.3, 0.4) is 0 Å². The molecule has 0 saturated carbocycles. The molecule has 0 bridgehead atoms. The summed E-state index contributed by atoms with van der Waals surface area (Å²) in [6, 6.07) is 17.0. The molecule has 1 aliphatic heterocycles. The van der Waals surface area contributed by atoms with Crippen LogP contribution < -0.4 is 5.32 Å². The van der Waals surface area contributed by atoms with E-state index in [1.807, 2.05) is 60.9 Å². The number of furan rings is 1. The molecule has 2 aromatic carbocycles. The van der Waals surface area contributed by atoms with Crippen LogP contribution in [0.5, 0.6) is 0 Å². The number of anilines is 1. The lowest BCUT2D eigenvalue weighted by molar-refractivity contribution is -0.116. The third kappa shape index (κ3) is 3.52. The fourth-order valence-corrected chi connectivity index (χ4v) is 4.61. The Hall–Kier alpha value is -3.65. The zero-order chi connectivity index (χ0) is 22.2. The maximum Gasteiger partial charge on any atom is 0.231 e. The van der Waals surface area contributed by atoms with E-state index in [0.717, 1.165) is 28.3 Å². The minimum absolute atomic E-state index is 0.0343. The quantitative estimate of drug-likeness (QED) is 0.337. The summed E-state index contributed by atoms with van der Waals surface area (Å²) < 4.78 is 7.39. The monoisotopic (exact) mass is 444 g/mol. The van der Waals surface area contributed by atoms with Gasteiger partial charge in [-0.15, -0.1) is 10.2 Å². The van der Waals surface area contributed by atoms with E-state index in [-0.39, 0.29) is 23.4 Å². The lowest BCUT2D eigenvalue weighted by atomic mass is 9.99. The number of aryl methyl sites for hydroxylation is 1. The van der Waals surface area contributed by atoms with Gasteiger partial charge in [0, 0.05) is 16.9 Å². The number of carbonyl (C=O) groups excluding carboxylic acids is 2. The zero-order valence-corrected chi connectivity index (χ0v) is 18.3. The van der Waals surface area contributed by atoms with E-state index < -0.39 is 0 Å². The maximum absolute atomic E-state index is 12.9. The van der Waals surface area contributed by atoms with Gasteiger partial charge in [0.1, 0.15) is 5.76 Å². The molecular weight excluding hydrogens is 424 g/mol. The lowest BCUT2D eigenvalue weighted by Crippen LogP contribution is -2.08. The number of ketones is 1. The second kappa shape index (κ2) is 8.12. The van der Waals surface area contributed by atoms with E-state index in [1.54, 1.807) is 18.4 Å². The Morgan fingerprint density at radius 1 is 1.16 bits per heavy atom. The number of nitrogens with one attached hydrogen (secondary N) is 1. The van der Waals surface area contributed by atoms with Crippen LogP contribution in [-0.2, 0) is 4.79 Å². The van der Waals surface area contributed by atoms with Crippen molar-refractivity contribution in [1.29, 1.82) is 0 Å². The summed E-state index contributed by atoms with van der Waals surface area (Å²) in [5, 5.41) is 12.2. The van der Waals surface area contributed by atoms with Crippen molar-refractivity contribution in [2.75, 3.05) is 11.1 Å². The van der Waals surface area contributed by atoms with Crippen molar-refractivity contribution in [2.45, 2.75) is 24.9 Å². The maximum atomic E-state index is 12.9. The highest BCUT2D eigenvalue weighted by atomic mass is 32.2. The first-order chi connectivity index (χ1) is 15.5. The number of rotatable bonds is 6. The summed E-state index contributed by atoms with van der Waals surface area (Å²) in [7, 11) is 0. The van der Waals surface area contributed by atoms with Crippen LogP contribution in [0.15, 0.2) is 70.4 Å². The van der Waals surface area contributed by atoms with Gasteiger partial charge in [-0.3, -0.25) is 14.2 Å². The standard InChI is InChI=1S/C24H20N4O3S/c1-14-19-12-16(8-9-20(19)25-23(14)30)21(29)13-32-24-27-26-22(18-10-11-31-15(18)2)28(24)17-6-4-3-5-7-17/h3-12,14H,13H2,1-2H3,(H,25,30). The van der Waals surface area contributed by atoms with Crippen molar-refractivity contribution in [3.8, 4) is 17.1 Å². The van der Waals surface area contributed by atoms with Crippen LogP contribution in [0.2, 0.25) is 0 Å². The van der Waals surface area contributed by atoms with Crippen molar-refractivity contribution in [1.82, 2.24) is 14.8 Å². The predicted molar refractivity (Wildman–Crippen MR) is 122 cm³/mol. The van der Waals surface area contributed by atoms with Crippen LogP contribution in [0.25, 0.3) is 17.1 Å². The van der Waals surface area contributed by atoms with E-state index in [2.05, 4.69) is 15.5 Å². The number of amides is 1. The van der Waals surface area contributed by atoms with Gasteiger partial charge in [-0.2, -0.15) is 0 Å². The van der Waals surface area contributed by atoms with Crippen LogP contribution >= 0.6 is 11.8 Å². The van der Waals surface area contributed by atoms with Crippen LogP contribution in [0.4, 0.5) is 5.69 Å². The summed E-state index contributed by atoms with van der Waals surface area (Å²) >= 11 is 1.33. The Kier molecular flexibility index (Phi) is 5.14. The van der Waals surface area contributed by atoms with Gasteiger partial charge in [-0.25, -0.2) is 0 Å². The molecule has 3 heterocycles. The molecule has 4 aromatic rings. The molecule has 0 saturated heterocycles. The Morgan fingerprint density at radius 2 is 1.97 bits per heavy atom. The Morgan fingerprint density at radius 3 is 2.72 bits per heavy atom.